The first-order valence-corrected chi connectivity index (χ1v) is 11.1. The van der Waals surface area contributed by atoms with E-state index in [1.165, 1.54) is 5.56 Å². The Bertz CT molecular complexity index is 1150. The maximum absolute atomic E-state index is 5.74. The number of nitrogens with zero attached hydrogens (tertiary/aromatic N) is 6. The van der Waals surface area contributed by atoms with Crippen LogP contribution in [0.4, 0.5) is 0 Å². The number of benzene rings is 1. The van der Waals surface area contributed by atoms with Gasteiger partial charge in [0, 0.05) is 57.2 Å². The summed E-state index contributed by atoms with van der Waals surface area (Å²) in [6.45, 7) is 10.3. The summed E-state index contributed by atoms with van der Waals surface area (Å²) in [5.74, 6) is 2.52. The summed E-state index contributed by atoms with van der Waals surface area (Å²) in [5.41, 5.74) is 2.25. The first-order valence-electron chi connectivity index (χ1n) is 10.7. The number of aromatic nitrogens is 4. The lowest BCUT2D eigenvalue weighted by Crippen LogP contribution is -2.46. The van der Waals surface area contributed by atoms with Crippen molar-refractivity contribution in [1.82, 2.24) is 29.1 Å². The minimum Gasteiger partial charge on any atom is -0.454 e. The summed E-state index contributed by atoms with van der Waals surface area (Å²) in [4.78, 5) is 8.97. The molecule has 0 radical (unpaired) electrons. The second-order valence-electron chi connectivity index (χ2n) is 7.96. The second kappa shape index (κ2) is 9.23. The Morgan fingerprint density at radius 2 is 1.75 bits per heavy atom. The number of piperazine rings is 1. The van der Waals surface area contributed by atoms with Crippen molar-refractivity contribution in [1.29, 1.82) is 0 Å². The molecule has 1 saturated heterocycles. The van der Waals surface area contributed by atoms with E-state index in [4.69, 9.17) is 26.8 Å². The predicted molar refractivity (Wildman–Crippen MR) is 124 cm³/mol. The molecule has 0 aliphatic carbocycles. The number of pyridine rings is 1. The third-order valence-electron chi connectivity index (χ3n) is 5.82. The van der Waals surface area contributed by atoms with E-state index in [1.54, 1.807) is 12.4 Å². The Hall–Kier alpha value is -3.01. The van der Waals surface area contributed by atoms with Crippen LogP contribution in [-0.2, 0) is 19.8 Å². The standard InChI is InChI=1S/C23H26N6O2S/c1-2-9-28-22(19-5-7-24-8-6-19)25-29(23(28)32)16-27-12-10-26(11-13-27)15-18-3-4-20-21(14-18)31-17-30-20/h2-8,14H,1,9-13,15-17H2. The van der Waals surface area contributed by atoms with Gasteiger partial charge >= 0.3 is 0 Å². The predicted octanol–water partition coefficient (Wildman–Crippen LogP) is 3.17. The minimum absolute atomic E-state index is 0.311. The van der Waals surface area contributed by atoms with Gasteiger partial charge in [-0.25, -0.2) is 4.68 Å². The topological polar surface area (TPSA) is 60.6 Å². The molecule has 2 aromatic heterocycles. The van der Waals surface area contributed by atoms with Crippen LogP contribution in [0.25, 0.3) is 11.4 Å². The van der Waals surface area contributed by atoms with Crippen molar-refractivity contribution in [2.75, 3.05) is 33.0 Å². The third-order valence-corrected chi connectivity index (χ3v) is 6.25. The van der Waals surface area contributed by atoms with Crippen molar-refractivity contribution < 1.29 is 9.47 Å². The van der Waals surface area contributed by atoms with Crippen molar-refractivity contribution in [3.63, 3.8) is 0 Å². The average Bonchev–Trinajstić information content (AvgIpc) is 3.41. The fraction of sp³-hybridized carbons (Fsp3) is 0.348. The molecule has 0 bridgehead atoms. The van der Waals surface area contributed by atoms with Gasteiger partial charge in [0.15, 0.2) is 22.1 Å². The Labute approximate surface area is 192 Å². The number of hydrogen-bond acceptors (Lipinski definition) is 7. The summed E-state index contributed by atoms with van der Waals surface area (Å²) < 4.78 is 15.6. The van der Waals surface area contributed by atoms with Crippen LogP contribution >= 0.6 is 12.2 Å². The smallest absolute Gasteiger partial charge is 0.231 e. The van der Waals surface area contributed by atoms with Crippen LogP contribution in [0.15, 0.2) is 55.4 Å². The zero-order valence-electron chi connectivity index (χ0n) is 17.9. The fourth-order valence-corrected chi connectivity index (χ4v) is 4.38. The number of ether oxygens (including phenoxy) is 2. The molecule has 5 rings (SSSR count). The van der Waals surface area contributed by atoms with Gasteiger partial charge in [0.2, 0.25) is 6.79 Å². The Morgan fingerprint density at radius 1 is 1.00 bits per heavy atom. The van der Waals surface area contributed by atoms with Crippen LogP contribution in [0.5, 0.6) is 11.5 Å². The summed E-state index contributed by atoms with van der Waals surface area (Å²) >= 11 is 5.74. The molecule has 166 valence electrons. The highest BCUT2D eigenvalue weighted by molar-refractivity contribution is 7.71. The van der Waals surface area contributed by atoms with E-state index in [0.29, 0.717) is 24.8 Å². The van der Waals surface area contributed by atoms with Crippen LogP contribution in [0.2, 0.25) is 0 Å². The number of hydrogen-bond donors (Lipinski definition) is 0. The zero-order valence-corrected chi connectivity index (χ0v) is 18.7. The molecule has 0 atom stereocenters. The van der Waals surface area contributed by atoms with Crippen LogP contribution < -0.4 is 9.47 Å². The molecule has 2 aliphatic rings. The van der Waals surface area contributed by atoms with Crippen LogP contribution in [0.1, 0.15) is 5.56 Å². The van der Waals surface area contributed by atoms with E-state index >= 15 is 0 Å². The summed E-state index contributed by atoms with van der Waals surface area (Å²) in [5, 5.41) is 4.83. The van der Waals surface area contributed by atoms with E-state index < -0.39 is 0 Å². The monoisotopic (exact) mass is 450 g/mol. The first kappa shape index (κ1) is 20.9. The van der Waals surface area contributed by atoms with Gasteiger partial charge in [-0.1, -0.05) is 12.1 Å². The molecule has 2 aliphatic heterocycles. The average molecular weight is 451 g/mol. The molecule has 1 fully saturated rings. The summed E-state index contributed by atoms with van der Waals surface area (Å²) in [6, 6.07) is 10.1. The lowest BCUT2D eigenvalue weighted by molar-refractivity contribution is 0.0980. The van der Waals surface area contributed by atoms with Gasteiger partial charge < -0.3 is 9.47 Å². The molecule has 0 saturated carbocycles. The Kier molecular flexibility index (Phi) is 6.02. The first-order chi connectivity index (χ1) is 15.7. The van der Waals surface area contributed by atoms with E-state index in [2.05, 4.69) is 33.5 Å². The van der Waals surface area contributed by atoms with Crippen molar-refractivity contribution in [2.24, 2.45) is 0 Å². The Morgan fingerprint density at radius 3 is 2.53 bits per heavy atom. The maximum atomic E-state index is 5.74. The highest BCUT2D eigenvalue weighted by Gasteiger charge is 2.21. The normalized spacial score (nSPS) is 16.4. The highest BCUT2D eigenvalue weighted by atomic mass is 32.1. The molecule has 0 spiro atoms. The molecule has 9 heteroatoms. The van der Waals surface area contributed by atoms with Gasteiger partial charge in [0.05, 0.1) is 6.67 Å². The quantitative estimate of drug-likeness (QED) is 0.405. The van der Waals surface area contributed by atoms with Gasteiger partial charge in [0.1, 0.15) is 0 Å². The molecule has 3 aromatic rings. The van der Waals surface area contributed by atoms with Crippen LogP contribution in [-0.4, -0.2) is 62.1 Å². The van der Waals surface area contributed by atoms with Gasteiger partial charge in [-0.05, 0) is 42.0 Å². The highest BCUT2D eigenvalue weighted by Crippen LogP contribution is 2.32. The van der Waals surface area contributed by atoms with E-state index in [0.717, 1.165) is 55.6 Å². The number of rotatable bonds is 7. The van der Waals surface area contributed by atoms with E-state index in [-0.39, 0.29) is 0 Å². The second-order valence-corrected chi connectivity index (χ2v) is 8.33. The third kappa shape index (κ3) is 4.32. The summed E-state index contributed by atoms with van der Waals surface area (Å²) in [7, 11) is 0. The molecule has 4 heterocycles. The maximum Gasteiger partial charge on any atom is 0.231 e. The fourth-order valence-electron chi connectivity index (χ4n) is 4.12. The van der Waals surface area contributed by atoms with Gasteiger partial charge in [0.25, 0.3) is 0 Å². The van der Waals surface area contributed by atoms with E-state index in [1.807, 2.05) is 33.5 Å². The number of fused-ring (bicyclic) bond motifs is 1. The molecule has 0 N–H and O–H groups in total. The van der Waals surface area contributed by atoms with Crippen molar-refractivity contribution in [3.05, 3.63) is 65.7 Å². The molecular weight excluding hydrogens is 424 g/mol. The largest absolute Gasteiger partial charge is 0.454 e. The number of allylic oxidation sites excluding steroid dienone is 1. The molecule has 0 unspecified atom stereocenters. The summed E-state index contributed by atoms with van der Waals surface area (Å²) in [6.07, 6.45) is 5.39. The van der Waals surface area contributed by atoms with Crippen molar-refractivity contribution in [3.8, 4) is 22.9 Å². The Balaban J connectivity index is 1.23. The van der Waals surface area contributed by atoms with Gasteiger partial charge in [-0.2, -0.15) is 5.10 Å². The van der Waals surface area contributed by atoms with Crippen molar-refractivity contribution in [2.45, 2.75) is 19.8 Å². The van der Waals surface area contributed by atoms with Crippen molar-refractivity contribution >= 4 is 12.2 Å². The molecule has 1 aromatic carbocycles. The molecule has 8 nitrogen and oxygen atoms in total. The lowest BCUT2D eigenvalue weighted by Gasteiger charge is -2.34. The molecular formula is C23H26N6O2S. The zero-order chi connectivity index (χ0) is 21.9. The minimum atomic E-state index is 0.311. The molecule has 32 heavy (non-hydrogen) atoms. The SMILES string of the molecule is C=CCn1c(-c2ccncc2)nn(CN2CCN(Cc3ccc4c(c3)OCO4)CC2)c1=S. The van der Waals surface area contributed by atoms with Crippen LogP contribution in [0, 0.1) is 4.77 Å². The van der Waals surface area contributed by atoms with Crippen LogP contribution in [0.3, 0.4) is 0 Å². The lowest BCUT2D eigenvalue weighted by atomic mass is 10.1. The van der Waals surface area contributed by atoms with Gasteiger partial charge in [-0.15, -0.1) is 6.58 Å². The molecule has 0 amide bonds. The van der Waals surface area contributed by atoms with Gasteiger partial charge in [-0.3, -0.25) is 19.4 Å². The van der Waals surface area contributed by atoms with E-state index in [9.17, 15) is 0 Å².